The van der Waals surface area contributed by atoms with Crippen LogP contribution in [0.25, 0.3) is 21.6 Å². The number of carbonyl (C=O) groups is 2. The number of benzene rings is 3. The Labute approximate surface area is 234 Å². The Kier molecular flexibility index (Phi) is 7.42. The molecule has 0 unspecified atom stereocenters. The number of hydrogen-bond acceptors (Lipinski definition) is 6. The number of amides is 1. The van der Waals surface area contributed by atoms with E-state index in [1.807, 2.05) is 30.3 Å². The number of hydrogen-bond donors (Lipinski definition) is 1. The number of aromatic nitrogens is 1. The molecule has 1 aliphatic carbocycles. The smallest absolute Gasteiger partial charge is 0.412 e. The van der Waals surface area contributed by atoms with Crippen LogP contribution in [0.1, 0.15) is 42.7 Å². The summed E-state index contributed by atoms with van der Waals surface area (Å²) in [7, 11) is 1.39. The first-order valence-electron chi connectivity index (χ1n) is 12.4. The maximum absolute atomic E-state index is 15.3. The van der Waals surface area contributed by atoms with Gasteiger partial charge in [-0.1, -0.05) is 66.2 Å². The molecule has 39 heavy (non-hydrogen) atoms. The molecule has 0 radical (unpaired) electrons. The summed E-state index contributed by atoms with van der Waals surface area (Å²) in [6.07, 6.45) is 0.266. The Morgan fingerprint density at radius 1 is 1.08 bits per heavy atom. The van der Waals surface area contributed by atoms with Crippen LogP contribution in [0.5, 0.6) is 0 Å². The highest BCUT2D eigenvalue weighted by atomic mass is 35.5. The number of halogens is 2. The van der Waals surface area contributed by atoms with E-state index in [2.05, 4.69) is 9.69 Å². The molecule has 3 aromatic carbocycles. The minimum absolute atomic E-state index is 0.239. The summed E-state index contributed by atoms with van der Waals surface area (Å²) < 4.78 is 30.2. The number of esters is 1. The number of aryl methyl sites for hydroxylation is 1. The van der Waals surface area contributed by atoms with Crippen molar-refractivity contribution in [2.45, 2.75) is 38.2 Å². The number of nitrogens with zero attached hydrogens (tertiary/aromatic N) is 1. The molecule has 1 heterocycles. The maximum Gasteiger partial charge on any atom is 0.412 e. The SMILES string of the molecule is COC(=O)C1(c2ccc(-c3ccc(-c4snc(C)c4NC(=O)O[C@H](C)c4ccccc4Cl)cc3F)cc2)CC1. The van der Waals surface area contributed by atoms with Crippen LogP contribution < -0.4 is 5.32 Å². The van der Waals surface area contributed by atoms with E-state index >= 15 is 4.39 Å². The number of ether oxygens (including phenoxy) is 2. The third-order valence-electron chi connectivity index (χ3n) is 7.02. The molecule has 5 rings (SSSR count). The normalized spacial score (nSPS) is 14.4. The Morgan fingerprint density at radius 2 is 1.77 bits per heavy atom. The van der Waals surface area contributed by atoms with Crippen molar-refractivity contribution >= 4 is 40.9 Å². The van der Waals surface area contributed by atoms with Gasteiger partial charge in [0.05, 0.1) is 28.8 Å². The summed E-state index contributed by atoms with van der Waals surface area (Å²) >= 11 is 7.39. The van der Waals surface area contributed by atoms with Crippen LogP contribution in [0, 0.1) is 12.7 Å². The van der Waals surface area contributed by atoms with Crippen LogP contribution in [-0.2, 0) is 19.7 Å². The van der Waals surface area contributed by atoms with Crippen molar-refractivity contribution in [1.82, 2.24) is 4.37 Å². The largest absolute Gasteiger partial charge is 0.468 e. The highest BCUT2D eigenvalue weighted by Crippen LogP contribution is 2.49. The summed E-state index contributed by atoms with van der Waals surface area (Å²) in [5.41, 5.74) is 3.75. The molecule has 1 aliphatic rings. The van der Waals surface area contributed by atoms with Crippen molar-refractivity contribution in [2.75, 3.05) is 12.4 Å². The lowest BCUT2D eigenvalue weighted by Crippen LogP contribution is -2.21. The molecule has 1 amide bonds. The molecule has 0 aliphatic heterocycles. The lowest BCUT2D eigenvalue weighted by atomic mass is 9.93. The standard InChI is InChI=1S/C30H26ClFN2O4S/c1-17-26(33-29(36)38-18(2)22-6-4-5-7-24(22)31)27(39-34-17)20-10-13-23(25(32)16-20)19-8-11-21(12-9-19)30(14-15-30)28(35)37-3/h4-13,16,18H,14-15H2,1-3H3,(H,33,36)/t18-/m1/s1. The van der Waals surface area contributed by atoms with Gasteiger partial charge in [0.1, 0.15) is 11.9 Å². The van der Waals surface area contributed by atoms with Crippen LogP contribution in [0.3, 0.4) is 0 Å². The first-order valence-corrected chi connectivity index (χ1v) is 13.6. The van der Waals surface area contributed by atoms with Gasteiger partial charge in [-0.3, -0.25) is 10.1 Å². The first kappa shape index (κ1) is 26.8. The Bertz CT molecular complexity index is 1550. The van der Waals surface area contributed by atoms with Gasteiger partial charge >= 0.3 is 12.1 Å². The van der Waals surface area contributed by atoms with Crippen LogP contribution >= 0.6 is 23.1 Å². The molecule has 200 valence electrons. The Morgan fingerprint density at radius 3 is 2.41 bits per heavy atom. The molecular weight excluding hydrogens is 539 g/mol. The summed E-state index contributed by atoms with van der Waals surface area (Å²) in [4.78, 5) is 25.5. The van der Waals surface area contributed by atoms with Crippen LogP contribution in [0.15, 0.2) is 66.7 Å². The number of methoxy groups -OCH3 is 1. The van der Waals surface area contributed by atoms with Crippen LogP contribution in [0.2, 0.25) is 5.02 Å². The maximum atomic E-state index is 15.3. The third kappa shape index (κ3) is 5.27. The van der Waals surface area contributed by atoms with E-state index in [-0.39, 0.29) is 5.97 Å². The molecule has 6 nitrogen and oxygen atoms in total. The lowest BCUT2D eigenvalue weighted by molar-refractivity contribution is -0.143. The van der Waals surface area contributed by atoms with Gasteiger partial charge in [0.25, 0.3) is 0 Å². The predicted molar refractivity (Wildman–Crippen MR) is 151 cm³/mol. The average molecular weight is 565 g/mol. The molecule has 1 fully saturated rings. The third-order valence-corrected chi connectivity index (χ3v) is 8.35. The van der Waals surface area contributed by atoms with Crippen molar-refractivity contribution < 1.29 is 23.5 Å². The summed E-state index contributed by atoms with van der Waals surface area (Å²) in [6.45, 7) is 3.50. The molecule has 1 saturated carbocycles. The number of anilines is 1. The fourth-order valence-corrected chi connectivity index (χ4v) is 5.80. The van der Waals surface area contributed by atoms with Gasteiger partial charge in [-0.2, -0.15) is 4.37 Å². The van der Waals surface area contributed by atoms with Crippen molar-refractivity contribution in [3.05, 3.63) is 94.4 Å². The van der Waals surface area contributed by atoms with E-state index in [1.165, 1.54) is 13.2 Å². The molecule has 1 N–H and O–H groups in total. The topological polar surface area (TPSA) is 77.5 Å². The lowest BCUT2D eigenvalue weighted by Gasteiger charge is -2.16. The molecule has 9 heteroatoms. The van der Waals surface area contributed by atoms with Gasteiger partial charge in [-0.05, 0) is 67.0 Å². The zero-order valence-electron chi connectivity index (χ0n) is 21.6. The quantitative estimate of drug-likeness (QED) is 0.229. The van der Waals surface area contributed by atoms with Crippen LogP contribution in [0.4, 0.5) is 14.9 Å². The first-order chi connectivity index (χ1) is 18.7. The minimum atomic E-state index is -0.662. The van der Waals surface area contributed by atoms with Crippen molar-refractivity contribution in [2.24, 2.45) is 0 Å². The van der Waals surface area contributed by atoms with E-state index < -0.39 is 23.4 Å². The van der Waals surface area contributed by atoms with Gasteiger partial charge < -0.3 is 9.47 Å². The molecule has 1 atom stereocenters. The summed E-state index contributed by atoms with van der Waals surface area (Å²) in [6, 6.07) is 19.4. The van der Waals surface area contributed by atoms with E-state index in [1.54, 1.807) is 44.2 Å². The number of rotatable bonds is 7. The van der Waals surface area contributed by atoms with E-state index in [0.717, 1.165) is 29.9 Å². The second-order valence-corrected chi connectivity index (χ2v) is 10.7. The number of nitrogens with one attached hydrogen (secondary N) is 1. The van der Waals surface area contributed by atoms with Crippen molar-refractivity contribution in [3.63, 3.8) is 0 Å². The van der Waals surface area contributed by atoms with Gasteiger partial charge in [-0.25, -0.2) is 9.18 Å². The monoisotopic (exact) mass is 564 g/mol. The van der Waals surface area contributed by atoms with Gasteiger partial charge in [0.15, 0.2) is 0 Å². The van der Waals surface area contributed by atoms with Crippen molar-refractivity contribution in [1.29, 1.82) is 0 Å². The summed E-state index contributed by atoms with van der Waals surface area (Å²) in [5, 5.41) is 3.27. The highest BCUT2D eigenvalue weighted by molar-refractivity contribution is 7.10. The minimum Gasteiger partial charge on any atom is -0.468 e. The number of carbonyl (C=O) groups excluding carboxylic acids is 2. The van der Waals surface area contributed by atoms with E-state index in [9.17, 15) is 9.59 Å². The highest BCUT2D eigenvalue weighted by Gasteiger charge is 2.52. The van der Waals surface area contributed by atoms with E-state index in [4.69, 9.17) is 21.1 Å². The molecule has 1 aromatic heterocycles. The zero-order chi connectivity index (χ0) is 27.7. The van der Waals surface area contributed by atoms with E-state index in [0.29, 0.717) is 43.5 Å². The van der Waals surface area contributed by atoms with Crippen LogP contribution in [-0.4, -0.2) is 23.5 Å². The molecule has 0 bridgehead atoms. The fraction of sp³-hybridized carbons (Fsp3) is 0.233. The fourth-order valence-electron chi connectivity index (χ4n) is 4.66. The Balaban J connectivity index is 1.34. The van der Waals surface area contributed by atoms with Gasteiger partial charge in [0, 0.05) is 16.1 Å². The van der Waals surface area contributed by atoms with Gasteiger partial charge in [-0.15, -0.1) is 0 Å². The molecule has 4 aromatic rings. The second kappa shape index (κ2) is 10.8. The van der Waals surface area contributed by atoms with Crippen molar-refractivity contribution in [3.8, 4) is 21.6 Å². The molecule has 0 spiro atoms. The predicted octanol–water partition coefficient (Wildman–Crippen LogP) is 8.09. The zero-order valence-corrected chi connectivity index (χ0v) is 23.2. The molecule has 0 saturated heterocycles. The van der Waals surface area contributed by atoms with Gasteiger partial charge in [0.2, 0.25) is 0 Å². The average Bonchev–Trinajstić information content (AvgIpc) is 3.67. The summed E-state index contributed by atoms with van der Waals surface area (Å²) in [5.74, 6) is -0.654. The molecular formula is C30H26ClFN2O4S. The Hall–Kier alpha value is -3.75. The second-order valence-electron chi connectivity index (χ2n) is 9.51.